The molecule has 1 aliphatic heterocycles. The zero-order valence-electron chi connectivity index (χ0n) is 19.0. The third-order valence-corrected chi connectivity index (χ3v) is 5.28. The molecular formula is C24H35N5O2. The smallest absolute Gasteiger partial charge is 0.191 e. The number of ether oxygens (including phenoxy) is 2. The molecule has 1 aliphatic rings. The molecule has 168 valence electrons. The molecule has 0 radical (unpaired) electrons. The number of nitrogens with zero attached hydrogens (tertiary/aromatic N) is 3. The molecule has 0 aliphatic carbocycles. The number of guanidine groups is 1. The summed E-state index contributed by atoms with van der Waals surface area (Å²) in [6.45, 7) is 9.39. The number of pyridine rings is 1. The molecule has 0 amide bonds. The van der Waals surface area contributed by atoms with Crippen LogP contribution in [0.3, 0.4) is 0 Å². The van der Waals surface area contributed by atoms with Gasteiger partial charge in [-0.15, -0.1) is 0 Å². The van der Waals surface area contributed by atoms with Gasteiger partial charge in [-0.05, 0) is 56.0 Å². The standard InChI is InChI=1S/C24H35N5O2/c1-4-30-13-14-31-22-15-19(2)7-8-21(22)18-28-24(25-3)27-17-20-9-10-26-23(16-20)29-11-5-6-12-29/h7-10,15-16H,4-6,11-14,17-18H2,1-3H3,(H2,25,27,28). The van der Waals surface area contributed by atoms with Crippen molar-refractivity contribution in [3.63, 3.8) is 0 Å². The summed E-state index contributed by atoms with van der Waals surface area (Å²) in [7, 11) is 1.78. The van der Waals surface area contributed by atoms with Gasteiger partial charge in [0.15, 0.2) is 5.96 Å². The minimum Gasteiger partial charge on any atom is -0.491 e. The first-order valence-electron chi connectivity index (χ1n) is 11.1. The molecule has 3 rings (SSSR count). The fourth-order valence-electron chi connectivity index (χ4n) is 3.57. The van der Waals surface area contributed by atoms with Crippen molar-refractivity contribution in [3.05, 3.63) is 53.2 Å². The van der Waals surface area contributed by atoms with Gasteiger partial charge in [-0.3, -0.25) is 4.99 Å². The molecule has 2 heterocycles. The topological polar surface area (TPSA) is 71.0 Å². The van der Waals surface area contributed by atoms with Crippen LogP contribution in [0.4, 0.5) is 5.82 Å². The Hall–Kier alpha value is -2.80. The van der Waals surface area contributed by atoms with Gasteiger partial charge < -0.3 is 25.0 Å². The quantitative estimate of drug-likeness (QED) is 0.346. The Bertz CT molecular complexity index is 850. The van der Waals surface area contributed by atoms with Crippen LogP contribution in [0.5, 0.6) is 5.75 Å². The molecule has 0 unspecified atom stereocenters. The second-order valence-corrected chi connectivity index (χ2v) is 7.65. The number of rotatable bonds is 10. The van der Waals surface area contributed by atoms with Crippen LogP contribution < -0.4 is 20.3 Å². The van der Waals surface area contributed by atoms with Crippen LogP contribution >= 0.6 is 0 Å². The van der Waals surface area contributed by atoms with Crippen molar-refractivity contribution in [3.8, 4) is 5.75 Å². The number of benzene rings is 1. The number of aromatic nitrogens is 1. The summed E-state index contributed by atoms with van der Waals surface area (Å²) in [6.07, 6.45) is 4.38. The molecule has 7 nitrogen and oxygen atoms in total. The summed E-state index contributed by atoms with van der Waals surface area (Å²) in [5, 5.41) is 6.79. The van der Waals surface area contributed by atoms with E-state index in [2.05, 4.69) is 56.7 Å². The van der Waals surface area contributed by atoms with E-state index >= 15 is 0 Å². The molecule has 1 fully saturated rings. The first kappa shape index (κ1) is 22.9. The second-order valence-electron chi connectivity index (χ2n) is 7.65. The Morgan fingerprint density at radius 2 is 1.90 bits per heavy atom. The molecule has 0 saturated carbocycles. The molecule has 2 N–H and O–H groups in total. The predicted molar refractivity (Wildman–Crippen MR) is 126 cm³/mol. The average Bonchev–Trinajstić information content (AvgIpc) is 3.33. The Morgan fingerprint density at radius 1 is 1.10 bits per heavy atom. The van der Waals surface area contributed by atoms with Gasteiger partial charge >= 0.3 is 0 Å². The molecule has 1 aromatic heterocycles. The SMILES string of the molecule is CCOCCOc1cc(C)ccc1CNC(=NC)NCc1ccnc(N2CCCC2)c1. The molecule has 1 saturated heterocycles. The van der Waals surface area contributed by atoms with Gasteiger partial charge in [0.25, 0.3) is 0 Å². The maximum Gasteiger partial charge on any atom is 0.191 e. The molecule has 1 aromatic carbocycles. The van der Waals surface area contributed by atoms with Crippen molar-refractivity contribution in [1.82, 2.24) is 15.6 Å². The number of anilines is 1. The summed E-state index contributed by atoms with van der Waals surface area (Å²) in [5.41, 5.74) is 3.45. The summed E-state index contributed by atoms with van der Waals surface area (Å²) in [6, 6.07) is 10.5. The fraction of sp³-hybridized carbons (Fsp3) is 0.500. The first-order chi connectivity index (χ1) is 15.2. The predicted octanol–water partition coefficient (Wildman–Crippen LogP) is 3.27. The third kappa shape index (κ3) is 7.14. The van der Waals surface area contributed by atoms with Gasteiger partial charge in [-0.1, -0.05) is 12.1 Å². The van der Waals surface area contributed by atoms with Crippen LogP contribution in [-0.4, -0.2) is 50.9 Å². The number of hydrogen-bond acceptors (Lipinski definition) is 5. The van der Waals surface area contributed by atoms with Crippen LogP contribution in [0.25, 0.3) is 0 Å². The highest BCUT2D eigenvalue weighted by molar-refractivity contribution is 5.79. The summed E-state index contributed by atoms with van der Waals surface area (Å²) in [4.78, 5) is 11.2. The first-order valence-corrected chi connectivity index (χ1v) is 11.1. The van der Waals surface area contributed by atoms with Crippen LogP contribution in [0.15, 0.2) is 41.5 Å². The molecule has 0 spiro atoms. The Balaban J connectivity index is 1.53. The van der Waals surface area contributed by atoms with E-state index in [4.69, 9.17) is 9.47 Å². The molecule has 7 heteroatoms. The normalized spacial score (nSPS) is 14.0. The molecular weight excluding hydrogens is 390 g/mol. The van der Waals surface area contributed by atoms with Gasteiger partial charge in [-0.2, -0.15) is 0 Å². The van der Waals surface area contributed by atoms with Gasteiger partial charge in [0, 0.05) is 51.6 Å². The van der Waals surface area contributed by atoms with E-state index in [-0.39, 0.29) is 0 Å². The van der Waals surface area contributed by atoms with Crippen LogP contribution in [0.2, 0.25) is 0 Å². The minimum atomic E-state index is 0.540. The van der Waals surface area contributed by atoms with E-state index in [1.54, 1.807) is 7.05 Å². The summed E-state index contributed by atoms with van der Waals surface area (Å²) >= 11 is 0. The fourth-order valence-corrected chi connectivity index (χ4v) is 3.57. The number of nitrogens with one attached hydrogen (secondary N) is 2. The van der Waals surface area contributed by atoms with E-state index < -0.39 is 0 Å². The zero-order valence-corrected chi connectivity index (χ0v) is 19.0. The molecule has 31 heavy (non-hydrogen) atoms. The summed E-state index contributed by atoms with van der Waals surface area (Å²) < 4.78 is 11.3. The van der Waals surface area contributed by atoms with Crippen molar-refractivity contribution < 1.29 is 9.47 Å². The number of aliphatic imine (C=N–C) groups is 1. The molecule has 2 aromatic rings. The molecule has 0 bridgehead atoms. The molecule has 0 atom stereocenters. The zero-order chi connectivity index (χ0) is 21.9. The van der Waals surface area contributed by atoms with Crippen LogP contribution in [0.1, 0.15) is 36.5 Å². The van der Waals surface area contributed by atoms with Crippen molar-refractivity contribution in [1.29, 1.82) is 0 Å². The minimum absolute atomic E-state index is 0.540. The largest absolute Gasteiger partial charge is 0.491 e. The van der Waals surface area contributed by atoms with E-state index in [1.165, 1.54) is 24.0 Å². The lowest BCUT2D eigenvalue weighted by Gasteiger charge is -2.18. The van der Waals surface area contributed by atoms with Gasteiger partial charge in [-0.25, -0.2) is 4.98 Å². The Morgan fingerprint density at radius 3 is 2.68 bits per heavy atom. The Labute approximate surface area is 185 Å². The number of hydrogen-bond donors (Lipinski definition) is 2. The van der Waals surface area contributed by atoms with Crippen molar-refractivity contribution in [2.75, 3.05) is 44.9 Å². The highest BCUT2D eigenvalue weighted by Crippen LogP contribution is 2.21. The van der Waals surface area contributed by atoms with Gasteiger partial charge in [0.05, 0.1) is 6.61 Å². The number of aryl methyl sites for hydroxylation is 1. The monoisotopic (exact) mass is 425 g/mol. The average molecular weight is 426 g/mol. The maximum absolute atomic E-state index is 5.94. The lowest BCUT2D eigenvalue weighted by molar-refractivity contribution is 0.110. The highest BCUT2D eigenvalue weighted by Gasteiger charge is 2.13. The van der Waals surface area contributed by atoms with E-state index in [9.17, 15) is 0 Å². The lowest BCUT2D eigenvalue weighted by Crippen LogP contribution is -2.36. The van der Waals surface area contributed by atoms with E-state index in [1.807, 2.05) is 19.2 Å². The van der Waals surface area contributed by atoms with Crippen LogP contribution in [-0.2, 0) is 17.8 Å². The van der Waals surface area contributed by atoms with Crippen molar-refractivity contribution >= 4 is 11.8 Å². The van der Waals surface area contributed by atoms with Crippen molar-refractivity contribution in [2.24, 2.45) is 4.99 Å². The van der Waals surface area contributed by atoms with E-state index in [0.717, 1.165) is 36.2 Å². The third-order valence-electron chi connectivity index (χ3n) is 5.28. The Kier molecular flexibility index (Phi) is 8.97. The summed E-state index contributed by atoms with van der Waals surface area (Å²) in [5.74, 6) is 2.70. The van der Waals surface area contributed by atoms with Crippen LogP contribution in [0, 0.1) is 6.92 Å². The lowest BCUT2D eigenvalue weighted by atomic mass is 10.1. The van der Waals surface area contributed by atoms with E-state index in [0.29, 0.717) is 32.9 Å². The maximum atomic E-state index is 5.94. The second kappa shape index (κ2) is 12.2. The van der Waals surface area contributed by atoms with Crippen molar-refractivity contribution in [2.45, 2.75) is 39.8 Å². The van der Waals surface area contributed by atoms with Gasteiger partial charge in [0.2, 0.25) is 0 Å². The van der Waals surface area contributed by atoms with Gasteiger partial charge in [0.1, 0.15) is 18.2 Å². The highest BCUT2D eigenvalue weighted by atomic mass is 16.5.